The molecule has 1 aromatic carbocycles. The highest BCUT2D eigenvalue weighted by molar-refractivity contribution is 7.17. The van der Waals surface area contributed by atoms with Crippen molar-refractivity contribution in [1.29, 1.82) is 0 Å². The lowest BCUT2D eigenvalue weighted by atomic mass is 10.0. The molecular weight excluding hydrogens is 427 g/mol. The maximum absolute atomic E-state index is 13.7. The maximum Gasteiger partial charge on any atom is 0.410 e. The molecule has 166 valence electrons. The summed E-state index contributed by atoms with van der Waals surface area (Å²) in [6.45, 7) is 4.10. The van der Waals surface area contributed by atoms with Crippen molar-refractivity contribution >= 4 is 34.3 Å². The first-order valence-electron chi connectivity index (χ1n) is 9.85. The lowest BCUT2D eigenvalue weighted by Crippen LogP contribution is -2.36. The van der Waals surface area contributed by atoms with Crippen LogP contribution in [0.5, 0.6) is 5.75 Å². The number of thiophene rings is 1. The normalized spacial score (nSPS) is 12.7. The zero-order valence-corrected chi connectivity index (χ0v) is 18.1. The van der Waals surface area contributed by atoms with Crippen molar-refractivity contribution in [2.45, 2.75) is 26.8 Å². The second kappa shape index (κ2) is 10.3. The zero-order chi connectivity index (χ0) is 22.4. The Morgan fingerprint density at radius 2 is 1.90 bits per heavy atom. The van der Waals surface area contributed by atoms with Crippen molar-refractivity contribution in [2.75, 3.05) is 31.7 Å². The topological polar surface area (TPSA) is 94.2 Å². The van der Waals surface area contributed by atoms with Crippen LogP contribution in [-0.2, 0) is 27.2 Å². The van der Waals surface area contributed by atoms with Gasteiger partial charge in [0, 0.05) is 11.4 Å². The number of carbonyl (C=O) groups is 3. The first-order valence-corrected chi connectivity index (χ1v) is 10.7. The van der Waals surface area contributed by atoms with Crippen LogP contribution < -0.4 is 10.1 Å². The number of hydrogen-bond acceptors (Lipinski definition) is 7. The third-order valence-electron chi connectivity index (χ3n) is 4.51. The molecule has 2 aromatic rings. The van der Waals surface area contributed by atoms with Crippen LogP contribution in [0.1, 0.15) is 34.6 Å². The number of fused-ring (bicyclic) bond motifs is 1. The Balaban J connectivity index is 1.77. The Kier molecular flexibility index (Phi) is 7.45. The first kappa shape index (κ1) is 22.5. The van der Waals surface area contributed by atoms with Gasteiger partial charge >= 0.3 is 12.1 Å². The van der Waals surface area contributed by atoms with Gasteiger partial charge in [0.1, 0.15) is 5.00 Å². The number of nitrogens with one attached hydrogen (secondary N) is 1. The summed E-state index contributed by atoms with van der Waals surface area (Å²) in [6.07, 6.45) is 0.00327. The zero-order valence-electron chi connectivity index (χ0n) is 17.2. The Bertz CT molecular complexity index is 977. The number of anilines is 1. The molecule has 0 spiro atoms. The number of benzene rings is 1. The summed E-state index contributed by atoms with van der Waals surface area (Å²) in [6, 6.07) is 5.76. The van der Waals surface area contributed by atoms with Crippen molar-refractivity contribution in [3.8, 4) is 5.75 Å². The van der Waals surface area contributed by atoms with Crippen molar-refractivity contribution in [3.63, 3.8) is 0 Å². The molecule has 0 aliphatic carbocycles. The quantitative estimate of drug-likeness (QED) is 0.648. The van der Waals surface area contributed by atoms with Crippen LogP contribution in [0.3, 0.4) is 0 Å². The number of ether oxygens (including phenoxy) is 3. The minimum absolute atomic E-state index is 0.0428. The molecule has 2 amide bonds. The van der Waals surface area contributed by atoms with E-state index in [0.29, 0.717) is 18.0 Å². The van der Waals surface area contributed by atoms with E-state index in [1.165, 1.54) is 29.5 Å². The predicted octanol–water partition coefficient (Wildman–Crippen LogP) is 3.60. The van der Waals surface area contributed by atoms with Crippen LogP contribution >= 0.6 is 11.3 Å². The number of halogens is 1. The highest BCUT2D eigenvalue weighted by Crippen LogP contribution is 2.38. The van der Waals surface area contributed by atoms with E-state index in [4.69, 9.17) is 14.2 Å². The molecule has 1 aliphatic rings. The highest BCUT2D eigenvalue weighted by atomic mass is 32.1. The van der Waals surface area contributed by atoms with E-state index in [1.807, 2.05) is 0 Å². The largest absolute Gasteiger partial charge is 0.481 e. The fourth-order valence-corrected chi connectivity index (χ4v) is 4.42. The van der Waals surface area contributed by atoms with E-state index >= 15 is 0 Å². The van der Waals surface area contributed by atoms with E-state index in [0.717, 1.165) is 10.4 Å². The number of carbonyl (C=O) groups excluding carboxylic acids is 3. The van der Waals surface area contributed by atoms with E-state index < -0.39 is 30.4 Å². The number of amides is 2. The van der Waals surface area contributed by atoms with Crippen LogP contribution in [0.4, 0.5) is 14.2 Å². The molecule has 2 heterocycles. The molecule has 0 atom stereocenters. The van der Waals surface area contributed by atoms with Crippen LogP contribution in [0, 0.1) is 5.82 Å². The van der Waals surface area contributed by atoms with Crippen LogP contribution in [0.25, 0.3) is 0 Å². The molecule has 1 aliphatic heterocycles. The fourth-order valence-electron chi connectivity index (χ4n) is 3.15. The van der Waals surface area contributed by atoms with Gasteiger partial charge in [-0.2, -0.15) is 0 Å². The highest BCUT2D eigenvalue weighted by Gasteiger charge is 2.31. The summed E-state index contributed by atoms with van der Waals surface area (Å²) >= 11 is 1.20. The van der Waals surface area contributed by atoms with Gasteiger partial charge in [-0.15, -0.1) is 11.3 Å². The summed E-state index contributed by atoms with van der Waals surface area (Å²) in [5, 5.41) is 2.98. The summed E-state index contributed by atoms with van der Waals surface area (Å²) in [7, 11) is 0. The molecule has 10 heteroatoms. The second-order valence-corrected chi connectivity index (χ2v) is 7.67. The molecule has 0 unspecified atom stereocenters. The number of para-hydroxylation sites is 1. The SMILES string of the molecule is CCOC(=O)c1c(NC(=O)COc2ccccc2F)sc2c1CCN(C(=O)OCC)C2. The van der Waals surface area contributed by atoms with E-state index in [2.05, 4.69) is 5.32 Å². The first-order chi connectivity index (χ1) is 14.9. The number of rotatable bonds is 7. The van der Waals surface area contributed by atoms with Gasteiger partial charge < -0.3 is 24.4 Å². The molecule has 0 bridgehead atoms. The number of esters is 1. The summed E-state index contributed by atoms with van der Waals surface area (Å²) in [5.74, 6) is -1.71. The lowest BCUT2D eigenvalue weighted by Gasteiger charge is -2.26. The molecular formula is C21H23FN2O6S. The molecule has 1 N–H and O–H groups in total. The Morgan fingerprint density at radius 1 is 1.16 bits per heavy atom. The van der Waals surface area contributed by atoms with E-state index in [1.54, 1.807) is 24.8 Å². The molecule has 0 fully saturated rings. The van der Waals surface area contributed by atoms with Crippen molar-refractivity contribution in [2.24, 2.45) is 0 Å². The van der Waals surface area contributed by atoms with E-state index in [-0.39, 0.29) is 31.1 Å². The van der Waals surface area contributed by atoms with Gasteiger partial charge in [0.25, 0.3) is 5.91 Å². The number of hydrogen-bond donors (Lipinski definition) is 1. The molecule has 8 nitrogen and oxygen atoms in total. The maximum atomic E-state index is 13.7. The van der Waals surface area contributed by atoms with E-state index in [9.17, 15) is 18.8 Å². The smallest absolute Gasteiger partial charge is 0.410 e. The Morgan fingerprint density at radius 3 is 2.61 bits per heavy atom. The molecule has 0 radical (unpaired) electrons. The van der Waals surface area contributed by atoms with Crippen LogP contribution in [-0.4, -0.2) is 49.2 Å². The van der Waals surface area contributed by atoms with Crippen LogP contribution in [0.2, 0.25) is 0 Å². The molecule has 31 heavy (non-hydrogen) atoms. The van der Waals surface area contributed by atoms with Gasteiger partial charge in [-0.3, -0.25) is 4.79 Å². The van der Waals surface area contributed by atoms with Crippen LogP contribution in [0.15, 0.2) is 24.3 Å². The third-order valence-corrected chi connectivity index (χ3v) is 5.64. The minimum Gasteiger partial charge on any atom is -0.481 e. The molecule has 1 aromatic heterocycles. The van der Waals surface area contributed by atoms with Crippen molar-refractivity contribution in [1.82, 2.24) is 4.90 Å². The second-order valence-electron chi connectivity index (χ2n) is 6.57. The summed E-state index contributed by atoms with van der Waals surface area (Å²) in [5.41, 5.74) is 1.03. The van der Waals surface area contributed by atoms with Crippen molar-refractivity contribution < 1.29 is 33.0 Å². The Hall–Kier alpha value is -3.14. The monoisotopic (exact) mass is 450 g/mol. The van der Waals surface area contributed by atoms with Gasteiger partial charge in [-0.05, 0) is 38.0 Å². The van der Waals surface area contributed by atoms with Gasteiger partial charge in [0.2, 0.25) is 0 Å². The number of nitrogens with zero attached hydrogens (tertiary/aromatic N) is 1. The average molecular weight is 450 g/mol. The van der Waals surface area contributed by atoms with Crippen molar-refractivity contribution in [3.05, 3.63) is 46.1 Å². The standard InChI is InChI=1S/C21H23FN2O6S/c1-3-28-20(26)18-13-9-10-24(21(27)29-4-2)11-16(13)31-19(18)23-17(25)12-30-15-8-6-5-7-14(15)22/h5-8H,3-4,9-12H2,1-2H3,(H,23,25). The minimum atomic E-state index is -0.576. The lowest BCUT2D eigenvalue weighted by molar-refractivity contribution is -0.118. The fraction of sp³-hybridized carbons (Fsp3) is 0.381. The molecule has 0 saturated heterocycles. The summed E-state index contributed by atoms with van der Waals surface area (Å²) in [4.78, 5) is 39.4. The van der Waals surface area contributed by atoms with Gasteiger partial charge in [0.05, 0.1) is 25.3 Å². The Labute approximate surface area is 182 Å². The third kappa shape index (κ3) is 5.32. The molecule has 0 saturated carbocycles. The van der Waals surface area contributed by atoms with Gasteiger partial charge in [0.15, 0.2) is 18.2 Å². The average Bonchev–Trinajstić information content (AvgIpc) is 3.10. The molecule has 3 rings (SSSR count). The summed E-state index contributed by atoms with van der Waals surface area (Å²) < 4.78 is 29.1. The van der Waals surface area contributed by atoms with Gasteiger partial charge in [-0.1, -0.05) is 12.1 Å². The van der Waals surface area contributed by atoms with Gasteiger partial charge in [-0.25, -0.2) is 14.0 Å². The predicted molar refractivity (Wildman–Crippen MR) is 112 cm³/mol.